The number of benzene rings is 3. The highest BCUT2D eigenvalue weighted by Gasteiger charge is 2.06. The molecular weight excluding hydrogens is 288 g/mol. The molecule has 0 aliphatic rings. The average molecular weight is 306 g/mol. The highest BCUT2D eigenvalue weighted by Crippen LogP contribution is 2.33. The van der Waals surface area contributed by atoms with Gasteiger partial charge in [-0.1, -0.05) is 36.4 Å². The molecule has 0 saturated heterocycles. The van der Waals surface area contributed by atoms with E-state index >= 15 is 0 Å². The quantitative estimate of drug-likeness (QED) is 0.756. The summed E-state index contributed by atoms with van der Waals surface area (Å²) in [6, 6.07) is 21.3. The Kier molecular flexibility index (Phi) is 4.20. The van der Waals surface area contributed by atoms with Crippen LogP contribution in [0.2, 0.25) is 0 Å². The van der Waals surface area contributed by atoms with Crippen LogP contribution < -0.4 is 9.47 Å². The lowest BCUT2D eigenvalue weighted by molar-refractivity contribution is 0.408. The summed E-state index contributed by atoms with van der Waals surface area (Å²) >= 11 is 0. The van der Waals surface area contributed by atoms with Crippen LogP contribution in [0.25, 0.3) is 22.3 Å². The second kappa shape index (κ2) is 6.44. The molecule has 0 fully saturated rings. The van der Waals surface area contributed by atoms with Crippen LogP contribution in [0.4, 0.5) is 0 Å². The Bertz CT molecular complexity index is 790. The predicted octanol–water partition coefficient (Wildman–Crippen LogP) is 4.74. The lowest BCUT2D eigenvalue weighted by atomic mass is 9.99. The maximum absolute atomic E-state index is 10.1. The molecule has 0 aromatic heterocycles. The van der Waals surface area contributed by atoms with Crippen molar-refractivity contribution in [2.45, 2.75) is 0 Å². The van der Waals surface area contributed by atoms with Crippen molar-refractivity contribution in [2.24, 2.45) is 0 Å². The number of phenols is 1. The smallest absolute Gasteiger partial charge is 0.127 e. The van der Waals surface area contributed by atoms with Gasteiger partial charge in [-0.15, -0.1) is 0 Å². The van der Waals surface area contributed by atoms with E-state index in [1.165, 1.54) is 0 Å². The summed E-state index contributed by atoms with van der Waals surface area (Å²) in [5.74, 6) is 1.69. The summed E-state index contributed by atoms with van der Waals surface area (Å²) in [4.78, 5) is 0. The van der Waals surface area contributed by atoms with Crippen LogP contribution in [-0.2, 0) is 0 Å². The Hall–Kier alpha value is -2.94. The van der Waals surface area contributed by atoms with Gasteiger partial charge in [-0.05, 0) is 41.0 Å². The summed E-state index contributed by atoms with van der Waals surface area (Å²) in [6.07, 6.45) is 0. The minimum Gasteiger partial charge on any atom is -0.507 e. The molecule has 0 aliphatic carbocycles. The van der Waals surface area contributed by atoms with Crippen molar-refractivity contribution in [1.82, 2.24) is 0 Å². The number of ether oxygens (including phenoxy) is 2. The molecule has 0 aliphatic heterocycles. The number of aromatic hydroxyl groups is 1. The second-order valence-electron chi connectivity index (χ2n) is 5.19. The minimum atomic E-state index is 0.210. The van der Waals surface area contributed by atoms with Crippen LogP contribution in [0.15, 0.2) is 66.7 Å². The molecule has 0 saturated carbocycles. The Balaban J connectivity index is 1.89. The van der Waals surface area contributed by atoms with Crippen LogP contribution in [0.1, 0.15) is 0 Å². The lowest BCUT2D eigenvalue weighted by Crippen LogP contribution is -1.85. The summed E-state index contributed by atoms with van der Waals surface area (Å²) < 4.78 is 10.3. The molecule has 1 N–H and O–H groups in total. The minimum absolute atomic E-state index is 0.210. The number of hydrogen-bond acceptors (Lipinski definition) is 3. The number of hydrogen-bond donors (Lipinski definition) is 1. The normalized spacial score (nSPS) is 10.3. The largest absolute Gasteiger partial charge is 0.507 e. The summed E-state index contributed by atoms with van der Waals surface area (Å²) in [7, 11) is 3.24. The Morgan fingerprint density at radius 3 is 1.61 bits per heavy atom. The van der Waals surface area contributed by atoms with E-state index in [1.807, 2.05) is 60.7 Å². The van der Waals surface area contributed by atoms with E-state index in [9.17, 15) is 5.11 Å². The van der Waals surface area contributed by atoms with Gasteiger partial charge in [-0.2, -0.15) is 0 Å². The van der Waals surface area contributed by atoms with Gasteiger partial charge in [0.05, 0.1) is 14.2 Å². The van der Waals surface area contributed by atoms with Gasteiger partial charge < -0.3 is 14.6 Å². The van der Waals surface area contributed by atoms with E-state index < -0.39 is 0 Å². The van der Waals surface area contributed by atoms with Crippen molar-refractivity contribution in [1.29, 1.82) is 0 Å². The molecule has 3 aromatic carbocycles. The molecule has 23 heavy (non-hydrogen) atoms. The fraction of sp³-hybridized carbons (Fsp3) is 0.100. The Labute approximate surface area is 135 Å². The van der Waals surface area contributed by atoms with Gasteiger partial charge in [0.1, 0.15) is 17.2 Å². The molecule has 0 bridgehead atoms. The molecule has 3 nitrogen and oxygen atoms in total. The van der Waals surface area contributed by atoms with E-state index in [-0.39, 0.29) is 5.75 Å². The van der Waals surface area contributed by atoms with Crippen LogP contribution in [0.5, 0.6) is 17.2 Å². The summed E-state index contributed by atoms with van der Waals surface area (Å²) in [5, 5.41) is 10.1. The van der Waals surface area contributed by atoms with Gasteiger partial charge in [-0.3, -0.25) is 0 Å². The molecule has 0 unspecified atom stereocenters. The highest BCUT2D eigenvalue weighted by atomic mass is 16.5. The van der Waals surface area contributed by atoms with Crippen LogP contribution >= 0.6 is 0 Å². The maximum atomic E-state index is 10.1. The third-order valence-electron chi connectivity index (χ3n) is 3.82. The summed E-state index contributed by atoms with van der Waals surface area (Å²) in [6.45, 7) is 0. The highest BCUT2D eigenvalue weighted by molar-refractivity contribution is 5.74. The van der Waals surface area contributed by atoms with Crippen molar-refractivity contribution in [3.8, 4) is 39.5 Å². The van der Waals surface area contributed by atoms with Gasteiger partial charge >= 0.3 is 0 Å². The predicted molar refractivity (Wildman–Crippen MR) is 92.1 cm³/mol. The number of rotatable bonds is 4. The maximum Gasteiger partial charge on any atom is 0.127 e. The van der Waals surface area contributed by atoms with E-state index in [2.05, 4.69) is 0 Å². The zero-order valence-corrected chi connectivity index (χ0v) is 13.1. The molecule has 0 spiro atoms. The zero-order chi connectivity index (χ0) is 16.2. The van der Waals surface area contributed by atoms with Gasteiger partial charge in [-0.25, -0.2) is 0 Å². The molecule has 0 amide bonds. The first-order chi connectivity index (χ1) is 11.2. The fourth-order valence-corrected chi connectivity index (χ4v) is 2.51. The lowest BCUT2D eigenvalue weighted by Gasteiger charge is -2.09. The van der Waals surface area contributed by atoms with Crippen molar-refractivity contribution in [2.75, 3.05) is 14.2 Å². The SMILES string of the molecule is COc1ccc(-c2ccc(-c3ccc(OC)cc3O)cc2)cc1. The first kappa shape index (κ1) is 15.0. The van der Waals surface area contributed by atoms with Gasteiger partial charge in [0.2, 0.25) is 0 Å². The first-order valence-electron chi connectivity index (χ1n) is 7.33. The van der Waals surface area contributed by atoms with Crippen molar-refractivity contribution in [3.05, 3.63) is 66.7 Å². The van der Waals surface area contributed by atoms with Gasteiger partial charge in [0.15, 0.2) is 0 Å². The monoisotopic (exact) mass is 306 g/mol. The fourth-order valence-electron chi connectivity index (χ4n) is 2.51. The molecule has 116 valence electrons. The van der Waals surface area contributed by atoms with E-state index in [0.717, 1.165) is 28.0 Å². The van der Waals surface area contributed by atoms with Crippen molar-refractivity contribution >= 4 is 0 Å². The number of phenolic OH excluding ortho intramolecular Hbond substituents is 1. The van der Waals surface area contributed by atoms with Gasteiger partial charge in [0, 0.05) is 11.6 Å². The van der Waals surface area contributed by atoms with Gasteiger partial charge in [0.25, 0.3) is 0 Å². The summed E-state index contributed by atoms with van der Waals surface area (Å²) in [5.41, 5.74) is 3.98. The van der Waals surface area contributed by atoms with E-state index in [4.69, 9.17) is 9.47 Å². The molecule has 3 heteroatoms. The topological polar surface area (TPSA) is 38.7 Å². The Morgan fingerprint density at radius 2 is 1.09 bits per heavy atom. The standard InChI is InChI=1S/C20H18O3/c1-22-17-9-7-15(8-10-17)14-3-5-16(6-4-14)19-12-11-18(23-2)13-20(19)21/h3-13,21H,1-2H3. The molecule has 3 aromatic rings. The van der Waals surface area contributed by atoms with Crippen molar-refractivity contribution in [3.63, 3.8) is 0 Å². The molecular formula is C20H18O3. The Morgan fingerprint density at radius 1 is 0.609 bits per heavy atom. The average Bonchev–Trinajstić information content (AvgIpc) is 2.62. The van der Waals surface area contributed by atoms with Crippen LogP contribution in [0, 0.1) is 0 Å². The number of methoxy groups -OCH3 is 2. The third kappa shape index (κ3) is 3.14. The molecule has 0 atom stereocenters. The van der Waals surface area contributed by atoms with Crippen LogP contribution in [0.3, 0.4) is 0 Å². The zero-order valence-electron chi connectivity index (χ0n) is 13.1. The van der Waals surface area contributed by atoms with E-state index in [1.54, 1.807) is 20.3 Å². The van der Waals surface area contributed by atoms with E-state index in [0.29, 0.717) is 5.75 Å². The molecule has 0 heterocycles. The third-order valence-corrected chi connectivity index (χ3v) is 3.82. The van der Waals surface area contributed by atoms with Crippen LogP contribution in [-0.4, -0.2) is 19.3 Å². The van der Waals surface area contributed by atoms with Crippen molar-refractivity contribution < 1.29 is 14.6 Å². The first-order valence-corrected chi connectivity index (χ1v) is 7.33. The second-order valence-corrected chi connectivity index (χ2v) is 5.19. The molecule has 3 rings (SSSR count). The molecule has 0 radical (unpaired) electrons.